The number of hydrogen-bond acceptors (Lipinski definition) is 2. The van der Waals surface area contributed by atoms with E-state index in [4.69, 9.17) is 11.6 Å². The number of amides is 1. The van der Waals surface area contributed by atoms with Crippen molar-refractivity contribution in [3.63, 3.8) is 0 Å². The van der Waals surface area contributed by atoms with Crippen molar-refractivity contribution in [2.24, 2.45) is 0 Å². The first-order valence-corrected chi connectivity index (χ1v) is 7.34. The van der Waals surface area contributed by atoms with Crippen molar-refractivity contribution in [2.75, 3.05) is 12.3 Å². The number of rotatable bonds is 6. The van der Waals surface area contributed by atoms with Crippen molar-refractivity contribution in [2.45, 2.75) is 19.1 Å². The van der Waals surface area contributed by atoms with Gasteiger partial charge in [0.1, 0.15) is 5.75 Å². The molecule has 1 atom stereocenters. The fourth-order valence-electron chi connectivity index (χ4n) is 1.33. The van der Waals surface area contributed by atoms with Crippen LogP contribution in [0.1, 0.15) is 18.9 Å². The number of carbonyl (C=O) groups is 1. The molecule has 0 aliphatic carbocycles. The van der Waals surface area contributed by atoms with Crippen molar-refractivity contribution in [1.82, 2.24) is 5.32 Å². The van der Waals surface area contributed by atoms with E-state index in [1.54, 1.807) is 12.1 Å². The van der Waals surface area contributed by atoms with Crippen LogP contribution in [-0.2, 0) is 21.3 Å². The highest BCUT2D eigenvalue weighted by atomic mass is 35.5. The third kappa shape index (κ3) is 5.84. The molecule has 0 saturated heterocycles. The van der Waals surface area contributed by atoms with Crippen LogP contribution in [0.2, 0.25) is 5.02 Å². The maximum atomic E-state index is 11.7. The minimum Gasteiger partial charge on any atom is -0.355 e. The number of halogens is 1. The summed E-state index contributed by atoms with van der Waals surface area (Å²) in [5, 5.41) is 3.32. The van der Waals surface area contributed by atoms with E-state index in [0.29, 0.717) is 17.3 Å². The molecule has 0 heterocycles. The molecule has 0 fully saturated rings. The van der Waals surface area contributed by atoms with Crippen molar-refractivity contribution in [3.8, 4) is 0 Å². The maximum absolute atomic E-state index is 11.7. The maximum Gasteiger partial charge on any atom is 0.232 e. The Balaban J connectivity index is 2.42. The molecule has 94 valence electrons. The van der Waals surface area contributed by atoms with Crippen molar-refractivity contribution in [1.29, 1.82) is 0 Å². The number of benzene rings is 1. The predicted molar refractivity (Wildman–Crippen MR) is 71.5 cm³/mol. The fraction of sp³-hybridized carbons (Fsp3) is 0.417. The summed E-state index contributed by atoms with van der Waals surface area (Å²) in [6.45, 7) is 2.61. The summed E-state index contributed by atoms with van der Waals surface area (Å²) in [6, 6.07) is 7.20. The molecule has 0 radical (unpaired) electrons. The van der Waals surface area contributed by atoms with Crippen LogP contribution in [-0.4, -0.2) is 22.4 Å². The van der Waals surface area contributed by atoms with Gasteiger partial charge in [-0.15, -0.1) is 0 Å². The molecule has 1 amide bonds. The number of carbonyl (C=O) groups excluding carboxylic acids is 1. The van der Waals surface area contributed by atoms with Crippen LogP contribution < -0.4 is 5.32 Å². The predicted octanol–water partition coefficient (Wildman–Crippen LogP) is 2.11. The molecule has 0 aromatic heterocycles. The largest absolute Gasteiger partial charge is 0.355 e. The topological polar surface area (TPSA) is 46.2 Å². The van der Waals surface area contributed by atoms with E-state index in [1.807, 2.05) is 19.1 Å². The van der Waals surface area contributed by atoms with Gasteiger partial charge in [0.05, 0.1) is 0 Å². The van der Waals surface area contributed by atoms with E-state index >= 15 is 0 Å². The van der Waals surface area contributed by atoms with Crippen LogP contribution in [0.5, 0.6) is 0 Å². The van der Waals surface area contributed by atoms with Gasteiger partial charge in [-0.1, -0.05) is 30.7 Å². The Morgan fingerprint density at radius 3 is 2.88 bits per heavy atom. The van der Waals surface area contributed by atoms with Gasteiger partial charge in [-0.05, 0) is 24.1 Å². The van der Waals surface area contributed by atoms with Gasteiger partial charge in [-0.25, -0.2) is 0 Å². The summed E-state index contributed by atoms with van der Waals surface area (Å²) in [4.78, 5) is 11.3. The van der Waals surface area contributed by atoms with Crippen molar-refractivity contribution >= 4 is 28.3 Å². The number of hydrogen-bond donors (Lipinski definition) is 1. The highest BCUT2D eigenvalue weighted by Gasteiger charge is 2.08. The first-order valence-electron chi connectivity index (χ1n) is 5.48. The molecule has 0 aliphatic rings. The lowest BCUT2D eigenvalue weighted by Gasteiger charge is -2.04. The Bertz CT molecular complexity index is 409. The van der Waals surface area contributed by atoms with Crippen LogP contribution in [0, 0.1) is 0 Å². The average Bonchev–Trinajstić information content (AvgIpc) is 2.26. The minimum absolute atomic E-state index is 0.0481. The highest BCUT2D eigenvalue weighted by Crippen LogP contribution is 2.12. The molecule has 1 aromatic rings. The zero-order valence-corrected chi connectivity index (χ0v) is 11.3. The molecular formula is C12H16ClNO2S. The molecule has 0 spiro atoms. The molecule has 1 N–H and O–H groups in total. The normalized spacial score (nSPS) is 12.1. The molecule has 17 heavy (non-hydrogen) atoms. The van der Waals surface area contributed by atoms with Crippen LogP contribution in [0.25, 0.3) is 0 Å². The lowest BCUT2D eigenvalue weighted by Crippen LogP contribution is -2.29. The van der Waals surface area contributed by atoms with Gasteiger partial charge in [0.2, 0.25) is 5.91 Å². The van der Waals surface area contributed by atoms with E-state index in [0.717, 1.165) is 12.0 Å². The summed E-state index contributed by atoms with van der Waals surface area (Å²) in [7, 11) is -1.18. The van der Waals surface area contributed by atoms with Gasteiger partial charge < -0.3 is 5.32 Å². The Labute approximate surface area is 109 Å². The van der Waals surface area contributed by atoms with Gasteiger partial charge in [0, 0.05) is 28.1 Å². The number of nitrogens with one attached hydrogen (secondary N) is 1. The standard InChI is InChI=1S/C12H16ClNO2S/c1-2-6-14-12(15)9-17(16)8-10-4-3-5-11(13)7-10/h3-5,7H,2,6,8-9H2,1H3,(H,14,15). The molecule has 3 nitrogen and oxygen atoms in total. The summed E-state index contributed by atoms with van der Waals surface area (Å²) in [6.07, 6.45) is 0.882. The molecule has 0 aliphatic heterocycles. The van der Waals surface area contributed by atoms with Crippen molar-refractivity contribution in [3.05, 3.63) is 34.9 Å². The second kappa shape index (κ2) is 7.45. The van der Waals surface area contributed by atoms with Gasteiger partial charge in [-0.3, -0.25) is 9.00 Å². The Hall–Kier alpha value is -0.870. The van der Waals surface area contributed by atoms with E-state index in [1.165, 1.54) is 0 Å². The summed E-state index contributed by atoms with van der Waals surface area (Å²) in [5.74, 6) is 0.249. The van der Waals surface area contributed by atoms with Gasteiger partial charge in [-0.2, -0.15) is 0 Å². The minimum atomic E-state index is -1.18. The van der Waals surface area contributed by atoms with E-state index in [-0.39, 0.29) is 11.7 Å². The average molecular weight is 274 g/mol. The monoisotopic (exact) mass is 273 g/mol. The molecule has 1 unspecified atom stereocenters. The van der Waals surface area contributed by atoms with Crippen molar-refractivity contribution < 1.29 is 9.00 Å². The fourth-order valence-corrected chi connectivity index (χ4v) is 2.59. The second-order valence-electron chi connectivity index (χ2n) is 3.71. The van der Waals surface area contributed by atoms with Crippen LogP contribution >= 0.6 is 11.6 Å². The van der Waals surface area contributed by atoms with E-state index in [9.17, 15) is 9.00 Å². The summed E-state index contributed by atoms with van der Waals surface area (Å²) in [5.41, 5.74) is 0.888. The van der Waals surface area contributed by atoms with Gasteiger partial charge in [0.25, 0.3) is 0 Å². The van der Waals surface area contributed by atoms with Crippen LogP contribution in [0.4, 0.5) is 0 Å². The molecule has 0 bridgehead atoms. The second-order valence-corrected chi connectivity index (χ2v) is 5.60. The SMILES string of the molecule is CCCNC(=O)CS(=O)Cc1cccc(Cl)c1. The lowest BCUT2D eigenvalue weighted by atomic mass is 10.2. The zero-order valence-electron chi connectivity index (χ0n) is 9.74. The summed E-state index contributed by atoms with van der Waals surface area (Å²) >= 11 is 5.82. The van der Waals surface area contributed by atoms with Crippen LogP contribution in [0.3, 0.4) is 0 Å². The first kappa shape index (κ1) is 14.2. The molecule has 1 aromatic carbocycles. The Morgan fingerprint density at radius 2 is 2.24 bits per heavy atom. The summed E-state index contributed by atoms with van der Waals surface area (Å²) < 4.78 is 11.7. The van der Waals surface area contributed by atoms with Gasteiger partial charge >= 0.3 is 0 Å². The molecule has 1 rings (SSSR count). The lowest BCUT2D eigenvalue weighted by molar-refractivity contribution is -0.118. The quantitative estimate of drug-likeness (QED) is 0.863. The molecular weight excluding hydrogens is 258 g/mol. The highest BCUT2D eigenvalue weighted by molar-refractivity contribution is 7.84. The molecule has 5 heteroatoms. The third-order valence-corrected chi connectivity index (χ3v) is 3.56. The smallest absolute Gasteiger partial charge is 0.232 e. The first-order chi connectivity index (χ1) is 8.11. The van der Waals surface area contributed by atoms with E-state index in [2.05, 4.69) is 5.32 Å². The third-order valence-electron chi connectivity index (χ3n) is 2.08. The Morgan fingerprint density at radius 1 is 1.47 bits per heavy atom. The molecule has 0 saturated carbocycles. The zero-order chi connectivity index (χ0) is 12.7. The van der Waals surface area contributed by atoms with E-state index < -0.39 is 10.8 Å². The van der Waals surface area contributed by atoms with Gasteiger partial charge in [0.15, 0.2) is 0 Å². The Kier molecular flexibility index (Phi) is 6.22. The van der Waals surface area contributed by atoms with Crippen LogP contribution in [0.15, 0.2) is 24.3 Å².